The number of fused-ring (bicyclic) bond motifs is 1. The van der Waals surface area contributed by atoms with Crippen molar-refractivity contribution in [3.8, 4) is 0 Å². The SMILES string of the molecule is [N-]=[N+]=NC(CCCN1C(=O)c2ccccc2C1=O)C(=O)O. The fourth-order valence-electron chi connectivity index (χ4n) is 2.18. The highest BCUT2D eigenvalue weighted by Gasteiger charge is 2.34. The average molecular weight is 288 g/mol. The third kappa shape index (κ3) is 2.85. The summed E-state index contributed by atoms with van der Waals surface area (Å²) in [5.41, 5.74) is 8.98. The number of benzene rings is 1. The average Bonchev–Trinajstić information content (AvgIpc) is 2.71. The van der Waals surface area contributed by atoms with Crippen LogP contribution in [0.2, 0.25) is 0 Å². The van der Waals surface area contributed by atoms with Crippen molar-refractivity contribution in [2.45, 2.75) is 18.9 Å². The first kappa shape index (κ1) is 14.5. The van der Waals surface area contributed by atoms with E-state index in [1.165, 1.54) is 0 Å². The molecule has 2 amide bonds. The number of aliphatic carboxylic acids is 1. The lowest BCUT2D eigenvalue weighted by atomic mass is 10.1. The second-order valence-electron chi connectivity index (χ2n) is 4.51. The Bertz CT molecular complexity index is 614. The molecule has 0 saturated heterocycles. The Morgan fingerprint density at radius 1 is 1.29 bits per heavy atom. The first-order valence-corrected chi connectivity index (χ1v) is 6.28. The van der Waals surface area contributed by atoms with Crippen LogP contribution in [0.5, 0.6) is 0 Å². The number of carboxylic acid groups (broad SMARTS) is 1. The lowest BCUT2D eigenvalue weighted by Crippen LogP contribution is -2.31. The first-order chi connectivity index (χ1) is 10.1. The topological polar surface area (TPSA) is 123 Å². The van der Waals surface area contributed by atoms with E-state index in [0.29, 0.717) is 11.1 Å². The van der Waals surface area contributed by atoms with E-state index in [2.05, 4.69) is 10.0 Å². The summed E-state index contributed by atoms with van der Waals surface area (Å²) < 4.78 is 0. The number of carbonyl (C=O) groups excluding carboxylic acids is 2. The molecule has 0 radical (unpaired) electrons. The molecule has 1 aromatic carbocycles. The van der Waals surface area contributed by atoms with Gasteiger partial charge in [0.15, 0.2) is 0 Å². The Hall–Kier alpha value is -2.86. The van der Waals surface area contributed by atoms with Gasteiger partial charge in [-0.05, 0) is 30.5 Å². The molecule has 21 heavy (non-hydrogen) atoms. The van der Waals surface area contributed by atoms with E-state index in [9.17, 15) is 14.4 Å². The van der Waals surface area contributed by atoms with Crippen molar-refractivity contribution in [2.75, 3.05) is 6.54 Å². The van der Waals surface area contributed by atoms with Gasteiger partial charge in [0.2, 0.25) is 0 Å². The van der Waals surface area contributed by atoms with Gasteiger partial charge in [-0.25, -0.2) is 0 Å². The van der Waals surface area contributed by atoms with Crippen LogP contribution in [0.3, 0.4) is 0 Å². The molecule has 0 saturated carbocycles. The van der Waals surface area contributed by atoms with E-state index < -0.39 is 12.0 Å². The van der Waals surface area contributed by atoms with Gasteiger partial charge in [0.25, 0.3) is 11.8 Å². The number of nitrogens with zero attached hydrogens (tertiary/aromatic N) is 4. The molecule has 0 fully saturated rings. The molecular weight excluding hydrogens is 276 g/mol. The van der Waals surface area contributed by atoms with Gasteiger partial charge >= 0.3 is 5.97 Å². The van der Waals surface area contributed by atoms with E-state index in [1.54, 1.807) is 24.3 Å². The van der Waals surface area contributed by atoms with Crippen molar-refractivity contribution in [3.05, 3.63) is 45.8 Å². The number of azide groups is 1. The molecule has 1 N–H and O–H groups in total. The van der Waals surface area contributed by atoms with E-state index in [-0.39, 0.29) is 31.2 Å². The van der Waals surface area contributed by atoms with Crippen LogP contribution in [0.1, 0.15) is 33.6 Å². The molecule has 8 heteroatoms. The smallest absolute Gasteiger partial charge is 0.312 e. The van der Waals surface area contributed by atoms with Gasteiger partial charge in [-0.3, -0.25) is 19.3 Å². The van der Waals surface area contributed by atoms with Gasteiger partial charge in [0.05, 0.1) is 11.1 Å². The third-order valence-electron chi connectivity index (χ3n) is 3.21. The Kier molecular flexibility index (Phi) is 4.20. The van der Waals surface area contributed by atoms with Crippen molar-refractivity contribution in [1.29, 1.82) is 0 Å². The zero-order valence-corrected chi connectivity index (χ0v) is 11.0. The predicted molar refractivity (Wildman–Crippen MR) is 71.6 cm³/mol. The summed E-state index contributed by atoms with van der Waals surface area (Å²) in [5, 5.41) is 12.0. The number of imide groups is 1. The van der Waals surface area contributed by atoms with Gasteiger partial charge in [0.1, 0.15) is 6.04 Å². The third-order valence-corrected chi connectivity index (χ3v) is 3.21. The summed E-state index contributed by atoms with van der Waals surface area (Å²) in [6.45, 7) is 0.0943. The number of hydrogen-bond acceptors (Lipinski definition) is 4. The summed E-state index contributed by atoms with van der Waals surface area (Å²) in [5.74, 6) is -1.99. The van der Waals surface area contributed by atoms with Crippen molar-refractivity contribution in [2.24, 2.45) is 5.11 Å². The summed E-state index contributed by atoms with van der Waals surface area (Å²) in [6.07, 6.45) is 0.314. The van der Waals surface area contributed by atoms with Crippen LogP contribution in [-0.4, -0.2) is 40.4 Å². The van der Waals surface area contributed by atoms with E-state index >= 15 is 0 Å². The molecule has 1 aliphatic heterocycles. The minimum Gasteiger partial charge on any atom is -0.481 e. The molecule has 1 aliphatic rings. The molecule has 0 aliphatic carbocycles. The second-order valence-corrected chi connectivity index (χ2v) is 4.51. The van der Waals surface area contributed by atoms with Crippen molar-refractivity contribution >= 4 is 17.8 Å². The van der Waals surface area contributed by atoms with Crippen molar-refractivity contribution < 1.29 is 19.5 Å². The molecule has 1 unspecified atom stereocenters. The maximum absolute atomic E-state index is 12.0. The number of hydrogen-bond donors (Lipinski definition) is 1. The zero-order valence-electron chi connectivity index (χ0n) is 11.0. The summed E-state index contributed by atoms with van der Waals surface area (Å²) >= 11 is 0. The van der Waals surface area contributed by atoms with Crippen LogP contribution in [0.4, 0.5) is 0 Å². The molecule has 0 aromatic heterocycles. The number of rotatable bonds is 6. The van der Waals surface area contributed by atoms with Crippen molar-refractivity contribution in [3.63, 3.8) is 0 Å². The lowest BCUT2D eigenvalue weighted by molar-refractivity contribution is -0.138. The van der Waals surface area contributed by atoms with E-state index in [4.69, 9.17) is 10.6 Å². The lowest BCUT2D eigenvalue weighted by Gasteiger charge is -2.14. The van der Waals surface area contributed by atoms with E-state index in [0.717, 1.165) is 4.90 Å². The van der Waals surface area contributed by atoms with Gasteiger partial charge in [-0.2, -0.15) is 0 Å². The van der Waals surface area contributed by atoms with E-state index in [1.807, 2.05) is 0 Å². The summed E-state index contributed by atoms with van der Waals surface area (Å²) in [7, 11) is 0. The summed E-state index contributed by atoms with van der Waals surface area (Å²) in [6, 6.07) is 5.32. The molecule has 1 atom stereocenters. The Labute approximate surface area is 119 Å². The minimum absolute atomic E-state index is 0.0623. The number of carboxylic acids is 1. The highest BCUT2D eigenvalue weighted by molar-refractivity contribution is 6.21. The van der Waals surface area contributed by atoms with Crippen LogP contribution >= 0.6 is 0 Å². The molecule has 0 spiro atoms. The van der Waals surface area contributed by atoms with Crippen LogP contribution in [0, 0.1) is 0 Å². The maximum atomic E-state index is 12.0. The quantitative estimate of drug-likeness (QED) is 0.371. The van der Waals surface area contributed by atoms with Gasteiger partial charge in [-0.15, -0.1) is 0 Å². The van der Waals surface area contributed by atoms with Crippen molar-refractivity contribution in [1.82, 2.24) is 4.90 Å². The molecule has 2 rings (SSSR count). The second kappa shape index (κ2) is 6.06. The fraction of sp³-hybridized carbons (Fsp3) is 0.308. The highest BCUT2D eigenvalue weighted by Crippen LogP contribution is 2.22. The first-order valence-electron chi connectivity index (χ1n) is 6.28. The summed E-state index contributed by atoms with van der Waals surface area (Å²) in [4.78, 5) is 38.5. The standard InChI is InChI=1S/C13H12N4O4/c14-16-15-10(13(20)21)6-3-7-17-11(18)8-4-1-2-5-9(8)12(17)19/h1-2,4-5,10H,3,6-7H2,(H,20,21). The van der Waals surface area contributed by atoms with Gasteiger partial charge in [0, 0.05) is 11.5 Å². The molecule has 1 aromatic rings. The molecule has 0 bridgehead atoms. The maximum Gasteiger partial charge on any atom is 0.312 e. The normalized spacial score (nSPS) is 14.6. The molecular formula is C13H12N4O4. The van der Waals surface area contributed by atoms with Gasteiger partial charge < -0.3 is 5.11 Å². The van der Waals surface area contributed by atoms with Gasteiger partial charge in [-0.1, -0.05) is 17.2 Å². The largest absolute Gasteiger partial charge is 0.481 e. The fourth-order valence-corrected chi connectivity index (χ4v) is 2.18. The molecule has 8 nitrogen and oxygen atoms in total. The monoisotopic (exact) mass is 288 g/mol. The van der Waals surface area contributed by atoms with Crippen LogP contribution in [-0.2, 0) is 4.79 Å². The number of carbonyl (C=O) groups is 3. The zero-order chi connectivity index (χ0) is 15.4. The minimum atomic E-state index is -1.23. The molecule has 1 heterocycles. The van der Waals surface area contributed by atoms with Crippen LogP contribution in [0.15, 0.2) is 29.4 Å². The van der Waals surface area contributed by atoms with Crippen LogP contribution in [0.25, 0.3) is 10.4 Å². The Morgan fingerprint density at radius 2 is 1.86 bits per heavy atom. The molecule has 108 valence electrons. The highest BCUT2D eigenvalue weighted by atomic mass is 16.4. The Balaban J connectivity index is 2.00. The van der Waals surface area contributed by atoms with Crippen LogP contribution < -0.4 is 0 Å². The Morgan fingerprint density at radius 3 is 2.33 bits per heavy atom. The predicted octanol–water partition coefficient (Wildman–Crippen LogP) is 1.83. The number of amides is 2.